The highest BCUT2D eigenvalue weighted by molar-refractivity contribution is 5.76. The lowest BCUT2D eigenvalue weighted by molar-refractivity contribution is 0.112. The van der Waals surface area contributed by atoms with E-state index in [9.17, 15) is 4.79 Å². The number of hydrogen-bond acceptors (Lipinski definition) is 4. The largest absolute Gasteiger partial charge is 0.488 e. The van der Waals surface area contributed by atoms with Crippen LogP contribution in [0, 0.1) is 0 Å². The van der Waals surface area contributed by atoms with E-state index in [-0.39, 0.29) is 0 Å². The van der Waals surface area contributed by atoms with Crippen LogP contribution in [0.25, 0.3) is 0 Å². The van der Waals surface area contributed by atoms with Crippen molar-refractivity contribution < 1.29 is 9.53 Å². The summed E-state index contributed by atoms with van der Waals surface area (Å²) in [4.78, 5) is 17.0. The first-order valence-electron chi connectivity index (χ1n) is 5.11. The van der Waals surface area contributed by atoms with Gasteiger partial charge in [0.1, 0.15) is 6.61 Å². The number of carbonyl (C=O) groups excluding carboxylic acids is 1. The minimum atomic E-state index is 0.331. The monoisotopic (exact) mass is 206 g/mol. The number of likely N-dealkylation sites (N-methyl/N-ethyl adjacent to an activating group) is 1. The van der Waals surface area contributed by atoms with Gasteiger partial charge in [-0.05, 0) is 19.9 Å². The van der Waals surface area contributed by atoms with E-state index in [1.165, 1.54) is 0 Å². The van der Waals surface area contributed by atoms with E-state index in [0.29, 0.717) is 24.0 Å². The third-order valence-electron chi connectivity index (χ3n) is 2.61. The molecule has 0 saturated heterocycles. The summed E-state index contributed by atoms with van der Waals surface area (Å²) in [5.41, 5.74) is 0.555. The Morgan fingerprint density at radius 3 is 3.20 bits per heavy atom. The predicted molar refractivity (Wildman–Crippen MR) is 57.6 cm³/mol. The van der Waals surface area contributed by atoms with Crippen molar-refractivity contribution in [2.75, 3.05) is 18.1 Å². The SMILES string of the molecule is CCN1c2ncc(C=O)cc2OCC1C. The van der Waals surface area contributed by atoms with Crippen LogP contribution >= 0.6 is 0 Å². The van der Waals surface area contributed by atoms with E-state index < -0.39 is 0 Å². The normalized spacial score (nSPS) is 19.3. The molecule has 2 rings (SSSR count). The summed E-state index contributed by atoms with van der Waals surface area (Å²) in [6.07, 6.45) is 2.36. The Labute approximate surface area is 88.9 Å². The third kappa shape index (κ3) is 1.67. The van der Waals surface area contributed by atoms with Gasteiger partial charge in [0.05, 0.1) is 6.04 Å². The van der Waals surface area contributed by atoms with E-state index in [1.807, 2.05) is 0 Å². The summed E-state index contributed by atoms with van der Waals surface area (Å²) >= 11 is 0. The van der Waals surface area contributed by atoms with Crippen LogP contribution in [0.4, 0.5) is 5.82 Å². The Morgan fingerprint density at radius 1 is 1.73 bits per heavy atom. The molecule has 0 aromatic carbocycles. The average molecular weight is 206 g/mol. The van der Waals surface area contributed by atoms with Crippen molar-refractivity contribution in [2.24, 2.45) is 0 Å². The standard InChI is InChI=1S/C11H14N2O2/c1-3-13-8(2)7-15-10-4-9(6-14)5-12-11(10)13/h4-6,8H,3,7H2,1-2H3. The van der Waals surface area contributed by atoms with Crippen LogP contribution < -0.4 is 9.64 Å². The zero-order valence-electron chi connectivity index (χ0n) is 8.93. The summed E-state index contributed by atoms with van der Waals surface area (Å²) in [6.45, 7) is 5.72. The van der Waals surface area contributed by atoms with Gasteiger partial charge in [0.25, 0.3) is 0 Å². The van der Waals surface area contributed by atoms with Crippen molar-refractivity contribution in [1.82, 2.24) is 4.98 Å². The molecule has 1 aliphatic rings. The number of hydrogen-bond donors (Lipinski definition) is 0. The maximum Gasteiger partial charge on any atom is 0.171 e. The summed E-state index contributed by atoms with van der Waals surface area (Å²) in [5.74, 6) is 1.54. The molecule has 0 N–H and O–H groups in total. The van der Waals surface area contributed by atoms with Crippen LogP contribution in [0.5, 0.6) is 5.75 Å². The first-order chi connectivity index (χ1) is 7.26. The van der Waals surface area contributed by atoms with Crippen LogP contribution in [0.15, 0.2) is 12.3 Å². The highest BCUT2D eigenvalue weighted by Crippen LogP contribution is 2.31. The van der Waals surface area contributed by atoms with Gasteiger partial charge in [0, 0.05) is 18.3 Å². The second-order valence-corrected chi connectivity index (χ2v) is 3.65. The van der Waals surface area contributed by atoms with Crippen molar-refractivity contribution in [3.8, 4) is 5.75 Å². The van der Waals surface area contributed by atoms with Crippen molar-refractivity contribution in [2.45, 2.75) is 19.9 Å². The first-order valence-corrected chi connectivity index (χ1v) is 5.11. The Bertz CT molecular complexity index is 379. The van der Waals surface area contributed by atoms with Gasteiger partial charge in [-0.2, -0.15) is 0 Å². The van der Waals surface area contributed by atoms with Crippen LogP contribution in [-0.4, -0.2) is 30.5 Å². The molecule has 1 aromatic rings. The lowest BCUT2D eigenvalue weighted by Crippen LogP contribution is -2.41. The molecule has 1 unspecified atom stereocenters. The number of carbonyl (C=O) groups is 1. The molecule has 2 heterocycles. The molecular formula is C11H14N2O2. The fourth-order valence-corrected chi connectivity index (χ4v) is 1.81. The Balaban J connectivity index is 2.42. The zero-order valence-corrected chi connectivity index (χ0v) is 8.93. The molecule has 15 heavy (non-hydrogen) atoms. The number of anilines is 1. The van der Waals surface area contributed by atoms with E-state index in [2.05, 4.69) is 23.7 Å². The second kappa shape index (κ2) is 3.88. The van der Waals surface area contributed by atoms with Gasteiger partial charge in [-0.1, -0.05) is 0 Å². The molecule has 1 atom stereocenters. The molecule has 0 bridgehead atoms. The Morgan fingerprint density at radius 2 is 2.53 bits per heavy atom. The van der Waals surface area contributed by atoms with Gasteiger partial charge < -0.3 is 9.64 Å². The number of ether oxygens (including phenoxy) is 1. The van der Waals surface area contributed by atoms with Gasteiger partial charge in [-0.3, -0.25) is 4.79 Å². The molecule has 0 amide bonds. The quantitative estimate of drug-likeness (QED) is 0.688. The summed E-state index contributed by atoms with van der Waals surface area (Å²) in [5, 5.41) is 0. The van der Waals surface area contributed by atoms with Crippen LogP contribution in [0.3, 0.4) is 0 Å². The van der Waals surface area contributed by atoms with E-state index in [1.54, 1.807) is 12.3 Å². The summed E-state index contributed by atoms with van der Waals surface area (Å²) in [7, 11) is 0. The number of aromatic nitrogens is 1. The summed E-state index contributed by atoms with van der Waals surface area (Å²) in [6, 6.07) is 2.07. The van der Waals surface area contributed by atoms with Crippen LogP contribution in [0.2, 0.25) is 0 Å². The van der Waals surface area contributed by atoms with Crippen molar-refractivity contribution in [3.63, 3.8) is 0 Å². The minimum Gasteiger partial charge on any atom is -0.488 e. The molecule has 1 aliphatic heterocycles. The van der Waals surface area contributed by atoms with Gasteiger partial charge in [0.15, 0.2) is 17.9 Å². The molecular weight excluding hydrogens is 192 g/mol. The zero-order chi connectivity index (χ0) is 10.8. The molecule has 0 aliphatic carbocycles. The number of aldehydes is 1. The molecule has 4 heteroatoms. The summed E-state index contributed by atoms with van der Waals surface area (Å²) < 4.78 is 5.55. The molecule has 0 saturated carbocycles. The van der Waals surface area contributed by atoms with E-state index in [4.69, 9.17) is 4.74 Å². The smallest absolute Gasteiger partial charge is 0.171 e. The van der Waals surface area contributed by atoms with Gasteiger partial charge in [-0.15, -0.1) is 0 Å². The van der Waals surface area contributed by atoms with Gasteiger partial charge in [0.2, 0.25) is 0 Å². The van der Waals surface area contributed by atoms with Crippen LogP contribution in [0.1, 0.15) is 24.2 Å². The van der Waals surface area contributed by atoms with E-state index in [0.717, 1.165) is 18.6 Å². The predicted octanol–water partition coefficient (Wildman–Crippen LogP) is 1.50. The lowest BCUT2D eigenvalue weighted by atomic mass is 10.2. The lowest BCUT2D eigenvalue weighted by Gasteiger charge is -2.34. The van der Waals surface area contributed by atoms with Crippen molar-refractivity contribution >= 4 is 12.1 Å². The molecule has 4 nitrogen and oxygen atoms in total. The number of nitrogens with zero attached hydrogens (tertiary/aromatic N) is 2. The molecule has 80 valence electrons. The third-order valence-corrected chi connectivity index (χ3v) is 2.61. The van der Waals surface area contributed by atoms with Crippen molar-refractivity contribution in [3.05, 3.63) is 17.8 Å². The highest BCUT2D eigenvalue weighted by Gasteiger charge is 2.24. The molecule has 1 aromatic heterocycles. The molecule has 0 spiro atoms. The Hall–Kier alpha value is -1.58. The maximum absolute atomic E-state index is 10.6. The number of fused-ring (bicyclic) bond motifs is 1. The topological polar surface area (TPSA) is 42.4 Å². The first kappa shape index (κ1) is 9.96. The average Bonchev–Trinajstić information content (AvgIpc) is 2.28. The molecule has 0 radical (unpaired) electrons. The second-order valence-electron chi connectivity index (χ2n) is 3.65. The van der Waals surface area contributed by atoms with Gasteiger partial charge in [-0.25, -0.2) is 4.98 Å². The minimum absolute atomic E-state index is 0.331. The number of pyridine rings is 1. The van der Waals surface area contributed by atoms with E-state index >= 15 is 0 Å². The molecule has 0 fully saturated rings. The van der Waals surface area contributed by atoms with Gasteiger partial charge >= 0.3 is 0 Å². The highest BCUT2D eigenvalue weighted by atomic mass is 16.5. The Kier molecular flexibility index (Phi) is 2.58. The van der Waals surface area contributed by atoms with Crippen molar-refractivity contribution in [1.29, 1.82) is 0 Å². The van der Waals surface area contributed by atoms with Crippen LogP contribution in [-0.2, 0) is 0 Å². The number of rotatable bonds is 2. The fraction of sp³-hybridized carbons (Fsp3) is 0.455. The maximum atomic E-state index is 10.6. The fourth-order valence-electron chi connectivity index (χ4n) is 1.81.